The summed E-state index contributed by atoms with van der Waals surface area (Å²) in [5, 5.41) is 13.5. The maximum atomic E-state index is 12.3. The van der Waals surface area contributed by atoms with E-state index in [4.69, 9.17) is 14.2 Å². The number of anilines is 1. The predicted molar refractivity (Wildman–Crippen MR) is 137 cm³/mol. The van der Waals surface area contributed by atoms with Gasteiger partial charge in [0.15, 0.2) is 0 Å². The van der Waals surface area contributed by atoms with Gasteiger partial charge in [-0.1, -0.05) is 18.9 Å². The molecule has 0 atom stereocenters. The van der Waals surface area contributed by atoms with Crippen molar-refractivity contribution in [2.24, 2.45) is 0 Å². The minimum atomic E-state index is -0.964. The van der Waals surface area contributed by atoms with E-state index in [1.54, 1.807) is 14.2 Å². The number of carboxylic acids is 1. The molecule has 1 saturated heterocycles. The molecule has 1 heterocycles. The van der Waals surface area contributed by atoms with Crippen molar-refractivity contribution >= 4 is 11.7 Å². The number of ether oxygens (including phenoxy) is 3. The lowest BCUT2D eigenvalue weighted by Crippen LogP contribution is -2.53. The highest BCUT2D eigenvalue weighted by molar-refractivity contribution is 5.83. The van der Waals surface area contributed by atoms with Crippen LogP contribution in [-0.2, 0) is 16.1 Å². The first kappa shape index (κ1) is 25.3. The molecule has 0 spiro atoms. The lowest BCUT2D eigenvalue weighted by molar-refractivity contribution is -0.143. The molecule has 2 aromatic carbocycles. The highest BCUT2D eigenvalue weighted by Gasteiger charge is 2.41. The Morgan fingerprint density at radius 3 is 2.29 bits per heavy atom. The Hall–Kier alpha value is -2.77. The molecular weight excluding hydrogens is 444 g/mol. The molecule has 0 aromatic heterocycles. The smallest absolute Gasteiger partial charge is 0.329 e. The number of aliphatic carboxylic acids is 1. The number of hydrogen-bond acceptors (Lipinski definition) is 6. The van der Waals surface area contributed by atoms with Crippen molar-refractivity contribution in [2.75, 3.05) is 39.7 Å². The zero-order valence-corrected chi connectivity index (χ0v) is 21.4. The average Bonchev–Trinajstić information content (AvgIpc) is 3.38. The van der Waals surface area contributed by atoms with Crippen LogP contribution in [0.1, 0.15) is 49.7 Å². The maximum Gasteiger partial charge on any atom is 0.329 e. The summed E-state index contributed by atoms with van der Waals surface area (Å²) in [6, 6.07) is 10.1. The molecule has 0 amide bonds. The van der Waals surface area contributed by atoms with E-state index in [2.05, 4.69) is 10.2 Å². The standard InChI is InChI=1S/C28H38N2O5/c1-19-25(33-3)16-20(17-26(19)34-4)24-10-9-22(15-21(24)18-35-23-7-5-6-8-23)29-28(27(31)32)11-13-30(2)14-12-28/h9-10,15-17,23,29H,5-8,11-14,18H2,1-4H3,(H,31,32). The molecule has 0 unspecified atom stereocenters. The number of carbonyl (C=O) groups is 1. The Morgan fingerprint density at radius 1 is 1.09 bits per heavy atom. The molecule has 2 fully saturated rings. The summed E-state index contributed by atoms with van der Waals surface area (Å²) in [6.45, 7) is 3.94. The van der Waals surface area contributed by atoms with Crippen molar-refractivity contribution in [1.29, 1.82) is 0 Å². The van der Waals surface area contributed by atoms with Crippen LogP contribution >= 0.6 is 0 Å². The summed E-state index contributed by atoms with van der Waals surface area (Å²) in [7, 11) is 5.36. The largest absolute Gasteiger partial charge is 0.496 e. The van der Waals surface area contributed by atoms with E-state index in [0.29, 0.717) is 19.4 Å². The fourth-order valence-corrected chi connectivity index (χ4v) is 5.25. The number of likely N-dealkylation sites (tertiary alicyclic amines) is 1. The molecule has 2 aromatic rings. The van der Waals surface area contributed by atoms with Crippen molar-refractivity contribution in [3.63, 3.8) is 0 Å². The van der Waals surface area contributed by atoms with Gasteiger partial charge in [-0.2, -0.15) is 0 Å². The third-order valence-electron chi connectivity index (χ3n) is 7.58. The third-order valence-corrected chi connectivity index (χ3v) is 7.58. The zero-order valence-electron chi connectivity index (χ0n) is 21.4. The molecule has 0 bridgehead atoms. The fourth-order valence-electron chi connectivity index (χ4n) is 5.25. The first-order chi connectivity index (χ1) is 16.8. The Labute approximate surface area is 208 Å². The van der Waals surface area contributed by atoms with Gasteiger partial charge in [0.05, 0.1) is 26.9 Å². The number of nitrogens with zero attached hydrogens (tertiary/aromatic N) is 1. The Morgan fingerprint density at radius 2 is 1.71 bits per heavy atom. The van der Waals surface area contributed by atoms with Gasteiger partial charge in [0.1, 0.15) is 17.0 Å². The number of hydrogen-bond donors (Lipinski definition) is 2. The van der Waals surface area contributed by atoms with Crippen molar-refractivity contribution in [2.45, 2.75) is 63.7 Å². The second-order valence-corrected chi connectivity index (χ2v) is 9.91. The molecule has 1 aliphatic carbocycles. The first-order valence-electron chi connectivity index (χ1n) is 12.5. The molecule has 7 heteroatoms. The van der Waals surface area contributed by atoms with E-state index in [1.165, 1.54) is 12.8 Å². The lowest BCUT2D eigenvalue weighted by Gasteiger charge is -2.38. The van der Waals surface area contributed by atoms with Crippen molar-refractivity contribution in [3.8, 4) is 22.6 Å². The van der Waals surface area contributed by atoms with E-state index >= 15 is 0 Å². The monoisotopic (exact) mass is 482 g/mol. The molecule has 2 aliphatic rings. The van der Waals surface area contributed by atoms with Gasteiger partial charge >= 0.3 is 5.97 Å². The SMILES string of the molecule is COc1cc(-c2ccc(NC3(C(=O)O)CCN(C)CC3)cc2COC2CCCC2)cc(OC)c1C. The van der Waals surface area contributed by atoms with Gasteiger partial charge < -0.3 is 29.5 Å². The highest BCUT2D eigenvalue weighted by Crippen LogP contribution is 2.38. The molecule has 2 N–H and O–H groups in total. The van der Waals surface area contributed by atoms with E-state index in [-0.39, 0.29) is 6.10 Å². The van der Waals surface area contributed by atoms with Crippen molar-refractivity contribution in [1.82, 2.24) is 4.90 Å². The van der Waals surface area contributed by atoms with Gasteiger partial charge in [0.2, 0.25) is 0 Å². The number of nitrogens with one attached hydrogen (secondary N) is 1. The van der Waals surface area contributed by atoms with Crippen LogP contribution < -0.4 is 14.8 Å². The van der Waals surface area contributed by atoms with Crippen LogP contribution in [0.15, 0.2) is 30.3 Å². The second-order valence-electron chi connectivity index (χ2n) is 9.91. The van der Waals surface area contributed by atoms with Gasteiger partial charge in [-0.15, -0.1) is 0 Å². The van der Waals surface area contributed by atoms with Gasteiger partial charge in [-0.3, -0.25) is 0 Å². The highest BCUT2D eigenvalue weighted by atomic mass is 16.5. The Bertz CT molecular complexity index is 1010. The molecule has 1 aliphatic heterocycles. The van der Waals surface area contributed by atoms with E-state index < -0.39 is 11.5 Å². The molecule has 4 rings (SSSR count). The van der Waals surface area contributed by atoms with Gasteiger partial charge in [0.25, 0.3) is 0 Å². The number of piperidine rings is 1. The molecule has 7 nitrogen and oxygen atoms in total. The van der Waals surface area contributed by atoms with Gasteiger partial charge in [-0.05, 0) is 80.6 Å². The topological polar surface area (TPSA) is 80.3 Å². The molecule has 1 saturated carbocycles. The van der Waals surface area contributed by atoms with Gasteiger partial charge in [-0.25, -0.2) is 4.79 Å². The number of rotatable bonds is 9. The zero-order chi connectivity index (χ0) is 25.0. The molecule has 0 radical (unpaired) electrons. The third kappa shape index (κ3) is 5.57. The Kier molecular flexibility index (Phi) is 7.87. The van der Waals surface area contributed by atoms with Crippen LogP contribution in [0.5, 0.6) is 11.5 Å². The second kappa shape index (κ2) is 10.9. The summed E-state index contributed by atoms with van der Waals surface area (Å²) in [6.07, 6.45) is 5.99. The van der Waals surface area contributed by atoms with Crippen molar-refractivity contribution < 1.29 is 24.1 Å². The minimum absolute atomic E-state index is 0.279. The van der Waals surface area contributed by atoms with Crippen LogP contribution in [0.25, 0.3) is 11.1 Å². The van der Waals surface area contributed by atoms with Crippen LogP contribution in [0.4, 0.5) is 5.69 Å². The normalized spacial score (nSPS) is 18.4. The molecule has 190 valence electrons. The van der Waals surface area contributed by atoms with E-state index in [1.807, 2.05) is 44.3 Å². The summed E-state index contributed by atoms with van der Waals surface area (Å²) in [4.78, 5) is 14.5. The average molecular weight is 483 g/mol. The van der Waals surface area contributed by atoms with Gasteiger partial charge in [0, 0.05) is 24.3 Å². The first-order valence-corrected chi connectivity index (χ1v) is 12.5. The van der Waals surface area contributed by atoms with E-state index in [9.17, 15) is 9.90 Å². The predicted octanol–water partition coefficient (Wildman–Crippen LogP) is 5.10. The summed E-state index contributed by atoms with van der Waals surface area (Å²) in [5.74, 6) is 0.729. The van der Waals surface area contributed by atoms with Crippen LogP contribution in [-0.4, -0.2) is 62.0 Å². The quantitative estimate of drug-likeness (QED) is 0.515. The Balaban J connectivity index is 1.69. The summed E-state index contributed by atoms with van der Waals surface area (Å²) >= 11 is 0. The number of benzene rings is 2. The molecule has 35 heavy (non-hydrogen) atoms. The molecular formula is C28H38N2O5. The number of methoxy groups -OCH3 is 2. The van der Waals surface area contributed by atoms with Crippen LogP contribution in [0.3, 0.4) is 0 Å². The maximum absolute atomic E-state index is 12.3. The summed E-state index contributed by atoms with van der Waals surface area (Å²) in [5.41, 5.74) is 3.81. The summed E-state index contributed by atoms with van der Waals surface area (Å²) < 4.78 is 17.5. The van der Waals surface area contributed by atoms with E-state index in [0.717, 1.165) is 65.4 Å². The van der Waals surface area contributed by atoms with Crippen LogP contribution in [0.2, 0.25) is 0 Å². The number of carboxylic acid groups (broad SMARTS) is 1. The lowest BCUT2D eigenvalue weighted by atomic mass is 9.87. The minimum Gasteiger partial charge on any atom is -0.496 e. The van der Waals surface area contributed by atoms with Crippen molar-refractivity contribution in [3.05, 3.63) is 41.5 Å². The van der Waals surface area contributed by atoms with Crippen LogP contribution in [0, 0.1) is 6.92 Å². The fraction of sp³-hybridized carbons (Fsp3) is 0.536.